The van der Waals surface area contributed by atoms with Crippen molar-refractivity contribution in [3.8, 4) is 0 Å². The van der Waals surface area contributed by atoms with E-state index in [9.17, 15) is 9.59 Å². The molecule has 2 aromatic heterocycles. The number of aromatic nitrogens is 3. The third kappa shape index (κ3) is 6.44. The number of esters is 2. The Morgan fingerprint density at radius 3 is 2.53 bits per heavy atom. The molecule has 0 fully saturated rings. The Kier molecular flexibility index (Phi) is 9.22. The first-order chi connectivity index (χ1) is 16.4. The number of carbonyl (C=O) groups is 2. The van der Waals surface area contributed by atoms with Gasteiger partial charge >= 0.3 is 11.9 Å². The molecule has 0 N–H and O–H groups in total. The van der Waals surface area contributed by atoms with Gasteiger partial charge in [-0.05, 0) is 42.2 Å². The third-order valence-corrected chi connectivity index (χ3v) is 6.04. The molecule has 0 bridgehead atoms. The van der Waals surface area contributed by atoms with E-state index in [2.05, 4.69) is 16.9 Å². The molecule has 0 saturated carbocycles. The molecule has 0 aliphatic rings. The molecule has 0 saturated heterocycles. The van der Waals surface area contributed by atoms with Crippen LogP contribution in [-0.4, -0.2) is 33.6 Å². The van der Waals surface area contributed by atoms with Crippen LogP contribution in [0.3, 0.4) is 0 Å². The fraction of sp³-hybridized carbons (Fsp3) is 0.385. The molecule has 3 rings (SSSR count). The van der Waals surface area contributed by atoms with E-state index in [1.807, 2.05) is 41.0 Å². The summed E-state index contributed by atoms with van der Waals surface area (Å²) in [5, 5.41) is 0.633. The van der Waals surface area contributed by atoms with Gasteiger partial charge in [0.25, 0.3) is 0 Å². The highest BCUT2D eigenvalue weighted by Crippen LogP contribution is 2.32. The van der Waals surface area contributed by atoms with Crippen LogP contribution < -0.4 is 0 Å². The number of ether oxygens (including phenoxy) is 2. The van der Waals surface area contributed by atoms with Gasteiger partial charge < -0.3 is 14.0 Å². The summed E-state index contributed by atoms with van der Waals surface area (Å²) >= 11 is 6.46. The number of carbonyl (C=O) groups excluding carboxylic acids is 2. The summed E-state index contributed by atoms with van der Waals surface area (Å²) in [6, 6.07) is 11.2. The van der Waals surface area contributed by atoms with Crippen molar-refractivity contribution < 1.29 is 19.1 Å². The minimum Gasteiger partial charge on any atom is -0.469 e. The number of rotatable bonds is 11. The van der Waals surface area contributed by atoms with Crippen molar-refractivity contribution in [2.45, 2.75) is 52.2 Å². The average Bonchev–Trinajstić information content (AvgIpc) is 3.23. The fourth-order valence-corrected chi connectivity index (χ4v) is 4.13. The van der Waals surface area contributed by atoms with E-state index in [1.54, 1.807) is 18.6 Å². The number of unbranched alkanes of at least 4 members (excludes halogenated alkanes) is 1. The van der Waals surface area contributed by atoms with Crippen LogP contribution in [0.15, 0.2) is 55.0 Å². The molecule has 0 radical (unpaired) electrons. The van der Waals surface area contributed by atoms with Crippen LogP contribution >= 0.6 is 11.6 Å². The lowest BCUT2D eigenvalue weighted by Gasteiger charge is -2.26. The lowest BCUT2D eigenvalue weighted by atomic mass is 9.92. The van der Waals surface area contributed by atoms with E-state index in [-0.39, 0.29) is 0 Å². The molecule has 34 heavy (non-hydrogen) atoms. The summed E-state index contributed by atoms with van der Waals surface area (Å²) < 4.78 is 12.9. The Labute approximate surface area is 205 Å². The number of benzene rings is 1. The number of pyridine rings is 1. The Balaban J connectivity index is 2.09. The molecule has 8 heteroatoms. The summed E-state index contributed by atoms with van der Waals surface area (Å²) in [4.78, 5) is 33.8. The van der Waals surface area contributed by atoms with Crippen molar-refractivity contribution in [2.24, 2.45) is 5.92 Å². The van der Waals surface area contributed by atoms with Crippen LogP contribution in [0.5, 0.6) is 0 Å². The maximum absolute atomic E-state index is 12.9. The van der Waals surface area contributed by atoms with E-state index in [4.69, 9.17) is 21.1 Å². The zero-order valence-corrected chi connectivity index (χ0v) is 20.5. The number of hydrogen-bond acceptors (Lipinski definition) is 6. The summed E-state index contributed by atoms with van der Waals surface area (Å²) in [5.41, 5.74) is 2.42. The van der Waals surface area contributed by atoms with Crippen LogP contribution in [0.25, 0.3) is 0 Å². The Bertz CT molecular complexity index is 1100. The molecule has 2 unspecified atom stereocenters. The lowest BCUT2D eigenvalue weighted by molar-refractivity contribution is -0.160. The molecule has 1 aromatic carbocycles. The van der Waals surface area contributed by atoms with Gasteiger partial charge in [-0.1, -0.05) is 43.1 Å². The molecule has 2 atom stereocenters. The van der Waals surface area contributed by atoms with Crippen LogP contribution in [0.2, 0.25) is 5.02 Å². The largest absolute Gasteiger partial charge is 0.469 e. The molecule has 0 aliphatic carbocycles. The highest BCUT2D eigenvalue weighted by molar-refractivity contribution is 6.31. The number of halogens is 1. The maximum atomic E-state index is 12.9. The molecule has 7 nitrogen and oxygen atoms in total. The molecule has 2 heterocycles. The van der Waals surface area contributed by atoms with Gasteiger partial charge in [0.15, 0.2) is 6.10 Å². The molecule has 3 aromatic rings. The van der Waals surface area contributed by atoms with Gasteiger partial charge in [0.1, 0.15) is 11.7 Å². The fourth-order valence-electron chi connectivity index (χ4n) is 3.94. The first kappa shape index (κ1) is 25.4. The van der Waals surface area contributed by atoms with Crippen molar-refractivity contribution in [1.29, 1.82) is 0 Å². The lowest BCUT2D eigenvalue weighted by Crippen LogP contribution is -2.30. The summed E-state index contributed by atoms with van der Waals surface area (Å²) in [7, 11) is 1.33. The van der Waals surface area contributed by atoms with Gasteiger partial charge in [-0.25, -0.2) is 4.98 Å². The van der Waals surface area contributed by atoms with E-state index < -0.39 is 24.0 Å². The summed E-state index contributed by atoms with van der Waals surface area (Å²) in [6.45, 7) is 3.89. The summed E-state index contributed by atoms with van der Waals surface area (Å²) in [5.74, 6) is -0.878. The number of methoxy groups -OCH3 is 1. The average molecular weight is 484 g/mol. The smallest absolute Gasteiger partial charge is 0.313 e. The van der Waals surface area contributed by atoms with E-state index >= 15 is 0 Å². The number of hydrogen-bond donors (Lipinski definition) is 0. The molecule has 0 amide bonds. The molecular formula is C26H30ClN3O4. The molecular weight excluding hydrogens is 454 g/mol. The second kappa shape index (κ2) is 12.3. The molecule has 180 valence electrons. The zero-order chi connectivity index (χ0) is 24.5. The van der Waals surface area contributed by atoms with Gasteiger partial charge in [-0.2, -0.15) is 0 Å². The van der Waals surface area contributed by atoms with E-state index in [0.717, 1.165) is 36.2 Å². The predicted molar refractivity (Wildman–Crippen MR) is 129 cm³/mol. The molecule has 0 aliphatic heterocycles. The van der Waals surface area contributed by atoms with Gasteiger partial charge in [-0.3, -0.25) is 14.6 Å². The van der Waals surface area contributed by atoms with Gasteiger partial charge in [0.2, 0.25) is 0 Å². The quantitative estimate of drug-likeness (QED) is 0.358. The van der Waals surface area contributed by atoms with Gasteiger partial charge in [0.05, 0.1) is 25.5 Å². The van der Waals surface area contributed by atoms with Gasteiger partial charge in [0, 0.05) is 30.8 Å². The Hall–Kier alpha value is -3.19. The molecule has 0 spiro atoms. The van der Waals surface area contributed by atoms with Crippen molar-refractivity contribution in [1.82, 2.24) is 14.5 Å². The van der Waals surface area contributed by atoms with Crippen LogP contribution in [0.4, 0.5) is 0 Å². The van der Waals surface area contributed by atoms with Crippen LogP contribution in [0.1, 0.15) is 55.4 Å². The van der Waals surface area contributed by atoms with E-state index in [1.165, 1.54) is 14.0 Å². The normalized spacial score (nSPS) is 12.7. The Morgan fingerprint density at radius 1 is 1.15 bits per heavy atom. The minimum atomic E-state index is -0.886. The standard InChI is InChI=1S/C26H30ClN3O4/c1-4-5-10-24-29-16-23(30(24)17-20-8-6-7-9-22(20)27)25(34-18(2)31)21(26(32)33-3)15-19-11-13-28-14-12-19/h6-9,11-14,16,21,25H,4-5,10,15,17H2,1-3H3. The van der Waals surface area contributed by atoms with Crippen molar-refractivity contribution in [2.75, 3.05) is 7.11 Å². The number of imidazole rings is 1. The monoisotopic (exact) mass is 483 g/mol. The van der Waals surface area contributed by atoms with Gasteiger partial charge in [-0.15, -0.1) is 0 Å². The third-order valence-electron chi connectivity index (χ3n) is 5.67. The first-order valence-electron chi connectivity index (χ1n) is 11.4. The highest BCUT2D eigenvalue weighted by atomic mass is 35.5. The minimum absolute atomic E-state index is 0.314. The predicted octanol–water partition coefficient (Wildman–Crippen LogP) is 4.96. The van der Waals surface area contributed by atoms with Crippen molar-refractivity contribution in [3.05, 3.63) is 82.7 Å². The first-order valence-corrected chi connectivity index (χ1v) is 11.7. The van der Waals surface area contributed by atoms with E-state index in [0.29, 0.717) is 23.7 Å². The highest BCUT2D eigenvalue weighted by Gasteiger charge is 2.36. The topological polar surface area (TPSA) is 83.3 Å². The number of aryl methyl sites for hydroxylation is 1. The maximum Gasteiger partial charge on any atom is 0.313 e. The van der Waals surface area contributed by atoms with Crippen molar-refractivity contribution >= 4 is 23.5 Å². The second-order valence-electron chi connectivity index (χ2n) is 8.10. The number of nitrogens with zero attached hydrogens (tertiary/aromatic N) is 3. The summed E-state index contributed by atoms with van der Waals surface area (Å²) in [6.07, 6.45) is 7.16. The second-order valence-corrected chi connectivity index (χ2v) is 8.51. The van der Waals surface area contributed by atoms with Crippen LogP contribution in [0, 0.1) is 5.92 Å². The van der Waals surface area contributed by atoms with Crippen molar-refractivity contribution in [3.63, 3.8) is 0 Å². The SMILES string of the molecule is CCCCc1ncc(C(OC(C)=O)C(Cc2ccncc2)C(=O)OC)n1Cc1ccccc1Cl. The zero-order valence-electron chi connectivity index (χ0n) is 19.7. The van der Waals surface area contributed by atoms with Crippen LogP contribution in [-0.2, 0) is 38.4 Å². The Morgan fingerprint density at radius 2 is 1.88 bits per heavy atom.